The largest absolute Gasteiger partial charge is 0.374 e. The van der Waals surface area contributed by atoms with E-state index in [4.69, 9.17) is 5.73 Å². The second kappa shape index (κ2) is 3.85. The SMILES string of the molecule is Cn1cc(Cc2nnc(N)s2)c2ccccc21. The quantitative estimate of drug-likeness (QED) is 0.752. The second-order valence-electron chi connectivity index (χ2n) is 3.99. The molecule has 0 saturated heterocycles. The van der Waals surface area contributed by atoms with Gasteiger partial charge in [-0.1, -0.05) is 29.5 Å². The molecular weight excluding hydrogens is 232 g/mol. The van der Waals surface area contributed by atoms with Crippen molar-refractivity contribution in [2.45, 2.75) is 6.42 Å². The van der Waals surface area contributed by atoms with Crippen LogP contribution in [0.1, 0.15) is 10.6 Å². The monoisotopic (exact) mass is 244 g/mol. The van der Waals surface area contributed by atoms with Gasteiger partial charge in [0, 0.05) is 30.6 Å². The molecule has 0 unspecified atom stereocenters. The summed E-state index contributed by atoms with van der Waals surface area (Å²) < 4.78 is 2.13. The van der Waals surface area contributed by atoms with Gasteiger partial charge in [0.15, 0.2) is 0 Å². The normalized spacial score (nSPS) is 11.1. The first-order chi connectivity index (χ1) is 8.24. The Balaban J connectivity index is 2.06. The van der Waals surface area contributed by atoms with Gasteiger partial charge in [-0.25, -0.2) is 0 Å². The molecule has 2 aromatic heterocycles. The zero-order valence-corrected chi connectivity index (χ0v) is 10.2. The summed E-state index contributed by atoms with van der Waals surface area (Å²) in [5.41, 5.74) is 8.09. The van der Waals surface area contributed by atoms with Crippen LogP contribution < -0.4 is 5.73 Å². The average molecular weight is 244 g/mol. The number of rotatable bonds is 2. The van der Waals surface area contributed by atoms with Crippen molar-refractivity contribution >= 4 is 27.4 Å². The third-order valence-electron chi connectivity index (χ3n) is 2.80. The Labute approximate surface area is 103 Å². The molecule has 0 saturated carbocycles. The van der Waals surface area contributed by atoms with Crippen LogP contribution in [-0.4, -0.2) is 14.8 Å². The van der Waals surface area contributed by atoms with Gasteiger partial charge in [0.05, 0.1) is 0 Å². The van der Waals surface area contributed by atoms with Crippen LogP contribution in [0.15, 0.2) is 30.5 Å². The Bertz CT molecular complexity index is 668. The molecule has 86 valence electrons. The molecule has 2 heterocycles. The third-order valence-corrected chi connectivity index (χ3v) is 3.56. The van der Waals surface area contributed by atoms with Crippen LogP contribution in [-0.2, 0) is 13.5 Å². The fraction of sp³-hybridized carbons (Fsp3) is 0.167. The molecule has 0 amide bonds. The molecule has 0 bridgehead atoms. The highest BCUT2D eigenvalue weighted by atomic mass is 32.1. The van der Waals surface area contributed by atoms with Crippen molar-refractivity contribution < 1.29 is 0 Å². The minimum absolute atomic E-state index is 0.528. The summed E-state index contributed by atoms with van der Waals surface area (Å²) in [5.74, 6) is 0. The second-order valence-corrected chi connectivity index (χ2v) is 5.09. The Hall–Kier alpha value is -1.88. The van der Waals surface area contributed by atoms with Crippen LogP contribution in [0.4, 0.5) is 5.13 Å². The van der Waals surface area contributed by atoms with Gasteiger partial charge < -0.3 is 10.3 Å². The highest BCUT2D eigenvalue weighted by molar-refractivity contribution is 7.15. The maximum Gasteiger partial charge on any atom is 0.203 e. The van der Waals surface area contributed by atoms with Crippen molar-refractivity contribution in [1.29, 1.82) is 0 Å². The van der Waals surface area contributed by atoms with Gasteiger partial charge in [-0.05, 0) is 11.6 Å². The third kappa shape index (κ3) is 1.78. The number of aromatic nitrogens is 3. The first-order valence-corrected chi connectivity index (χ1v) is 6.16. The summed E-state index contributed by atoms with van der Waals surface area (Å²) in [7, 11) is 2.06. The number of nitrogens with two attached hydrogens (primary N) is 1. The van der Waals surface area contributed by atoms with E-state index in [-0.39, 0.29) is 0 Å². The van der Waals surface area contributed by atoms with Gasteiger partial charge in [0.1, 0.15) is 5.01 Å². The van der Waals surface area contributed by atoms with Crippen LogP contribution in [0.3, 0.4) is 0 Å². The fourth-order valence-electron chi connectivity index (χ4n) is 2.07. The summed E-state index contributed by atoms with van der Waals surface area (Å²) in [6, 6.07) is 8.36. The Morgan fingerprint density at radius 1 is 1.29 bits per heavy atom. The van der Waals surface area contributed by atoms with E-state index >= 15 is 0 Å². The zero-order valence-electron chi connectivity index (χ0n) is 9.42. The molecule has 3 rings (SSSR count). The number of nitrogen functional groups attached to an aromatic ring is 1. The van der Waals surface area contributed by atoms with Gasteiger partial charge >= 0.3 is 0 Å². The van der Waals surface area contributed by atoms with Crippen molar-refractivity contribution in [2.75, 3.05) is 5.73 Å². The summed E-state index contributed by atoms with van der Waals surface area (Å²) in [5, 5.41) is 10.7. The van der Waals surface area contributed by atoms with Crippen LogP contribution in [0.25, 0.3) is 10.9 Å². The molecule has 1 aromatic carbocycles. The summed E-state index contributed by atoms with van der Waals surface area (Å²) in [6.45, 7) is 0. The number of hydrogen-bond donors (Lipinski definition) is 1. The number of aryl methyl sites for hydroxylation is 1. The minimum Gasteiger partial charge on any atom is -0.374 e. The maximum absolute atomic E-state index is 5.59. The molecule has 0 atom stereocenters. The minimum atomic E-state index is 0.528. The lowest BCUT2D eigenvalue weighted by Gasteiger charge is -1.94. The maximum atomic E-state index is 5.59. The smallest absolute Gasteiger partial charge is 0.203 e. The van der Waals surface area contributed by atoms with E-state index in [1.807, 2.05) is 0 Å². The molecular formula is C12H12N4S. The predicted molar refractivity (Wildman–Crippen MR) is 70.0 cm³/mol. The standard InChI is InChI=1S/C12H12N4S/c1-16-7-8(6-11-14-15-12(13)17-11)9-4-2-3-5-10(9)16/h2-5,7H,6H2,1H3,(H2,13,15). The Kier molecular flexibility index (Phi) is 2.33. The first-order valence-electron chi connectivity index (χ1n) is 5.35. The van der Waals surface area contributed by atoms with E-state index in [0.717, 1.165) is 11.4 Å². The topological polar surface area (TPSA) is 56.7 Å². The number of hydrogen-bond acceptors (Lipinski definition) is 4. The molecule has 17 heavy (non-hydrogen) atoms. The Morgan fingerprint density at radius 2 is 2.12 bits per heavy atom. The van der Waals surface area contributed by atoms with E-state index in [2.05, 4.69) is 52.3 Å². The first kappa shape index (κ1) is 10.3. The molecule has 5 heteroatoms. The van der Waals surface area contributed by atoms with Crippen molar-refractivity contribution in [3.8, 4) is 0 Å². The molecule has 0 aliphatic heterocycles. The number of para-hydroxylation sites is 1. The van der Waals surface area contributed by atoms with Gasteiger partial charge in [-0.2, -0.15) is 0 Å². The zero-order chi connectivity index (χ0) is 11.8. The van der Waals surface area contributed by atoms with E-state index in [9.17, 15) is 0 Å². The van der Waals surface area contributed by atoms with Crippen molar-refractivity contribution in [2.24, 2.45) is 7.05 Å². The van der Waals surface area contributed by atoms with Crippen LogP contribution in [0, 0.1) is 0 Å². The predicted octanol–water partition coefficient (Wildman–Crippen LogP) is 2.20. The number of anilines is 1. The lowest BCUT2D eigenvalue weighted by Crippen LogP contribution is -1.86. The number of benzene rings is 1. The van der Waals surface area contributed by atoms with Gasteiger partial charge in [0.25, 0.3) is 0 Å². The molecule has 0 fully saturated rings. The Morgan fingerprint density at radius 3 is 2.88 bits per heavy atom. The molecule has 0 spiro atoms. The molecule has 0 aliphatic rings. The van der Waals surface area contributed by atoms with Crippen LogP contribution >= 0.6 is 11.3 Å². The lowest BCUT2D eigenvalue weighted by molar-refractivity contribution is 0.950. The number of fused-ring (bicyclic) bond motifs is 1. The van der Waals surface area contributed by atoms with Crippen LogP contribution in [0.2, 0.25) is 0 Å². The highest BCUT2D eigenvalue weighted by Crippen LogP contribution is 2.24. The highest BCUT2D eigenvalue weighted by Gasteiger charge is 2.09. The lowest BCUT2D eigenvalue weighted by atomic mass is 10.1. The molecule has 2 N–H and O–H groups in total. The van der Waals surface area contributed by atoms with Crippen molar-refractivity contribution in [1.82, 2.24) is 14.8 Å². The molecule has 0 aliphatic carbocycles. The molecule has 4 nitrogen and oxygen atoms in total. The van der Waals surface area contributed by atoms with Crippen molar-refractivity contribution in [3.05, 3.63) is 41.0 Å². The average Bonchev–Trinajstić information content (AvgIpc) is 2.86. The van der Waals surface area contributed by atoms with Gasteiger partial charge in [-0.3, -0.25) is 0 Å². The van der Waals surface area contributed by atoms with E-state index in [1.165, 1.54) is 27.8 Å². The summed E-state index contributed by atoms with van der Waals surface area (Å²) in [6.07, 6.45) is 2.93. The fourth-order valence-corrected chi connectivity index (χ4v) is 2.70. The molecule has 0 radical (unpaired) electrons. The van der Waals surface area contributed by atoms with Crippen molar-refractivity contribution in [3.63, 3.8) is 0 Å². The summed E-state index contributed by atoms with van der Waals surface area (Å²) in [4.78, 5) is 0. The van der Waals surface area contributed by atoms with E-state index in [1.54, 1.807) is 0 Å². The van der Waals surface area contributed by atoms with E-state index in [0.29, 0.717) is 5.13 Å². The summed E-state index contributed by atoms with van der Waals surface area (Å²) >= 11 is 1.45. The van der Waals surface area contributed by atoms with Crippen LogP contribution in [0.5, 0.6) is 0 Å². The number of nitrogens with zero attached hydrogens (tertiary/aromatic N) is 3. The molecule has 3 aromatic rings. The van der Waals surface area contributed by atoms with E-state index < -0.39 is 0 Å². The van der Waals surface area contributed by atoms with Gasteiger partial charge in [-0.15, -0.1) is 10.2 Å². The van der Waals surface area contributed by atoms with Gasteiger partial charge in [0.2, 0.25) is 5.13 Å².